The lowest BCUT2D eigenvalue weighted by atomic mass is 10.2. The fraction of sp³-hybridized carbons (Fsp3) is 0. The highest BCUT2D eigenvalue weighted by Gasteiger charge is 2.05. The second-order valence-corrected chi connectivity index (χ2v) is 3.93. The Hall–Kier alpha value is -3.00. The summed E-state index contributed by atoms with van der Waals surface area (Å²) in [6.07, 6.45) is 8.68. The zero-order valence-corrected chi connectivity index (χ0v) is 9.95. The highest BCUT2D eigenvalue weighted by molar-refractivity contribution is 5.55. The number of hydrogen-bond acceptors (Lipinski definition) is 4. The van der Waals surface area contributed by atoms with Crippen LogP contribution < -0.4 is 10.5 Å². The van der Waals surface area contributed by atoms with Crippen LogP contribution in [0.1, 0.15) is 5.56 Å². The monoisotopic (exact) mass is 250 g/mol. The molecule has 0 unspecified atom stereocenters. The molecule has 2 aromatic heterocycles. The van der Waals surface area contributed by atoms with Gasteiger partial charge in [0.2, 0.25) is 0 Å². The molecule has 19 heavy (non-hydrogen) atoms. The average Bonchev–Trinajstić information content (AvgIpc) is 2.88. The Morgan fingerprint density at radius 3 is 3.00 bits per heavy atom. The van der Waals surface area contributed by atoms with E-state index in [0.717, 1.165) is 0 Å². The summed E-state index contributed by atoms with van der Waals surface area (Å²) < 4.78 is 7.40. The summed E-state index contributed by atoms with van der Waals surface area (Å²) in [6, 6.07) is 8.76. The molecule has 2 heterocycles. The maximum Gasteiger partial charge on any atom is 0.158 e. The zero-order chi connectivity index (χ0) is 13.2. The number of terminal acetylenes is 1. The van der Waals surface area contributed by atoms with Gasteiger partial charge < -0.3 is 10.5 Å². The van der Waals surface area contributed by atoms with Crippen LogP contribution in [0.2, 0.25) is 0 Å². The number of nitrogens with zero attached hydrogens (tertiary/aromatic N) is 3. The molecule has 0 spiro atoms. The van der Waals surface area contributed by atoms with Crippen molar-refractivity contribution in [2.45, 2.75) is 0 Å². The van der Waals surface area contributed by atoms with Crippen LogP contribution in [0, 0.1) is 12.3 Å². The molecule has 2 N–H and O–H groups in total. The third kappa shape index (κ3) is 2.07. The molecule has 0 aliphatic carbocycles. The van der Waals surface area contributed by atoms with Gasteiger partial charge in [0.25, 0.3) is 0 Å². The second-order valence-electron chi connectivity index (χ2n) is 3.93. The molecule has 0 aliphatic heterocycles. The molecule has 0 fully saturated rings. The predicted molar refractivity (Wildman–Crippen MR) is 71.9 cm³/mol. The number of fused-ring (bicyclic) bond motifs is 1. The first-order valence-corrected chi connectivity index (χ1v) is 5.59. The lowest BCUT2D eigenvalue weighted by molar-refractivity contribution is 0.481. The maximum absolute atomic E-state index is 5.75. The molecule has 3 aromatic rings. The Labute approximate surface area is 109 Å². The van der Waals surface area contributed by atoms with Crippen LogP contribution in [-0.2, 0) is 0 Å². The van der Waals surface area contributed by atoms with Gasteiger partial charge in [-0.1, -0.05) is 5.92 Å². The molecule has 0 radical (unpaired) electrons. The van der Waals surface area contributed by atoms with Crippen LogP contribution in [-0.4, -0.2) is 14.6 Å². The number of anilines is 1. The van der Waals surface area contributed by atoms with Gasteiger partial charge >= 0.3 is 0 Å². The molecular formula is C14H10N4O. The van der Waals surface area contributed by atoms with Crippen molar-refractivity contribution in [3.63, 3.8) is 0 Å². The molecule has 5 heteroatoms. The maximum atomic E-state index is 5.75. The summed E-state index contributed by atoms with van der Waals surface area (Å²) in [7, 11) is 0. The van der Waals surface area contributed by atoms with E-state index in [-0.39, 0.29) is 0 Å². The molecule has 0 aliphatic rings. The third-order valence-electron chi connectivity index (χ3n) is 2.64. The van der Waals surface area contributed by atoms with Crippen molar-refractivity contribution in [2.75, 3.05) is 5.73 Å². The van der Waals surface area contributed by atoms with Crippen LogP contribution in [0.25, 0.3) is 5.65 Å². The largest absolute Gasteiger partial charge is 0.456 e. The van der Waals surface area contributed by atoms with E-state index in [2.05, 4.69) is 16.0 Å². The van der Waals surface area contributed by atoms with E-state index in [9.17, 15) is 0 Å². The summed E-state index contributed by atoms with van der Waals surface area (Å²) in [4.78, 5) is 4.09. The standard InChI is InChI=1S/C14H10N4O/c1-2-10-7-11(15)3-4-13(10)19-12-5-6-18-14(8-12)16-9-17-18/h1,3-9H,15H2. The van der Waals surface area contributed by atoms with Gasteiger partial charge in [-0.05, 0) is 24.3 Å². The van der Waals surface area contributed by atoms with E-state index in [0.29, 0.717) is 28.4 Å². The Kier molecular flexibility index (Phi) is 2.54. The average molecular weight is 250 g/mol. The van der Waals surface area contributed by atoms with Crippen molar-refractivity contribution in [1.29, 1.82) is 0 Å². The summed E-state index contributed by atoms with van der Waals surface area (Å²) in [5.74, 6) is 3.78. The molecule has 5 nitrogen and oxygen atoms in total. The predicted octanol–water partition coefficient (Wildman–Crippen LogP) is 2.09. The highest BCUT2D eigenvalue weighted by Crippen LogP contribution is 2.26. The number of aromatic nitrogens is 3. The number of pyridine rings is 1. The van der Waals surface area contributed by atoms with Crippen molar-refractivity contribution >= 4 is 11.3 Å². The van der Waals surface area contributed by atoms with E-state index < -0.39 is 0 Å². The normalized spacial score (nSPS) is 10.3. The molecule has 0 atom stereocenters. The topological polar surface area (TPSA) is 65.4 Å². The van der Waals surface area contributed by atoms with Gasteiger partial charge in [-0.15, -0.1) is 6.42 Å². The summed E-state index contributed by atoms with van der Waals surface area (Å²) in [5, 5.41) is 4.01. The lowest BCUT2D eigenvalue weighted by Gasteiger charge is -2.08. The first kappa shape index (κ1) is 11.1. The van der Waals surface area contributed by atoms with Crippen LogP contribution in [0.15, 0.2) is 42.9 Å². The minimum Gasteiger partial charge on any atom is -0.456 e. The fourth-order valence-corrected chi connectivity index (χ4v) is 1.74. The van der Waals surface area contributed by atoms with Gasteiger partial charge in [0.05, 0.1) is 5.56 Å². The van der Waals surface area contributed by atoms with Crippen LogP contribution in [0.3, 0.4) is 0 Å². The quantitative estimate of drug-likeness (QED) is 0.558. The van der Waals surface area contributed by atoms with E-state index in [4.69, 9.17) is 16.9 Å². The van der Waals surface area contributed by atoms with Crippen molar-refractivity contribution in [1.82, 2.24) is 14.6 Å². The Balaban J connectivity index is 1.98. The Morgan fingerprint density at radius 1 is 1.26 bits per heavy atom. The Bertz CT molecular complexity index is 785. The number of rotatable bonds is 2. The molecule has 0 bridgehead atoms. The summed E-state index contributed by atoms with van der Waals surface area (Å²) in [5.41, 5.74) is 7.61. The van der Waals surface area contributed by atoms with Gasteiger partial charge in [-0.3, -0.25) is 0 Å². The molecular weight excluding hydrogens is 240 g/mol. The second kappa shape index (κ2) is 4.35. The van der Waals surface area contributed by atoms with Crippen molar-refractivity contribution < 1.29 is 4.74 Å². The zero-order valence-electron chi connectivity index (χ0n) is 9.95. The number of nitrogens with two attached hydrogens (primary N) is 1. The number of ether oxygens (including phenoxy) is 1. The first-order chi connectivity index (χ1) is 9.26. The van der Waals surface area contributed by atoms with Crippen molar-refractivity contribution in [3.05, 3.63) is 48.4 Å². The lowest BCUT2D eigenvalue weighted by Crippen LogP contribution is -1.93. The molecule has 3 rings (SSSR count). The van der Waals surface area contributed by atoms with E-state index in [1.54, 1.807) is 41.0 Å². The van der Waals surface area contributed by atoms with Crippen LogP contribution in [0.5, 0.6) is 11.5 Å². The van der Waals surface area contributed by atoms with E-state index >= 15 is 0 Å². The van der Waals surface area contributed by atoms with Gasteiger partial charge in [0.15, 0.2) is 5.65 Å². The smallest absolute Gasteiger partial charge is 0.158 e. The summed E-state index contributed by atoms with van der Waals surface area (Å²) in [6.45, 7) is 0. The van der Waals surface area contributed by atoms with Crippen LogP contribution in [0.4, 0.5) is 5.69 Å². The first-order valence-electron chi connectivity index (χ1n) is 5.59. The molecule has 0 saturated heterocycles. The molecule has 1 aromatic carbocycles. The van der Waals surface area contributed by atoms with Gasteiger partial charge in [-0.25, -0.2) is 9.50 Å². The number of hydrogen-bond donors (Lipinski definition) is 1. The minimum absolute atomic E-state index is 0.584. The number of nitrogen functional groups attached to an aromatic ring is 1. The van der Waals surface area contributed by atoms with Gasteiger partial charge in [0.1, 0.15) is 17.8 Å². The Morgan fingerprint density at radius 2 is 2.16 bits per heavy atom. The van der Waals surface area contributed by atoms with Gasteiger partial charge in [0, 0.05) is 18.0 Å². The number of benzene rings is 1. The fourth-order valence-electron chi connectivity index (χ4n) is 1.74. The SMILES string of the molecule is C#Cc1cc(N)ccc1Oc1ccn2ncnc2c1. The highest BCUT2D eigenvalue weighted by atomic mass is 16.5. The minimum atomic E-state index is 0.584. The van der Waals surface area contributed by atoms with E-state index in [1.165, 1.54) is 6.33 Å². The molecule has 0 saturated carbocycles. The summed E-state index contributed by atoms with van der Waals surface area (Å²) >= 11 is 0. The van der Waals surface area contributed by atoms with E-state index in [1.807, 2.05) is 0 Å². The van der Waals surface area contributed by atoms with Crippen molar-refractivity contribution in [2.24, 2.45) is 0 Å². The van der Waals surface area contributed by atoms with Crippen LogP contribution >= 0.6 is 0 Å². The van der Waals surface area contributed by atoms with Gasteiger partial charge in [-0.2, -0.15) is 5.10 Å². The molecule has 92 valence electrons. The molecule has 0 amide bonds. The van der Waals surface area contributed by atoms with Crippen molar-refractivity contribution in [3.8, 4) is 23.8 Å². The third-order valence-corrected chi connectivity index (χ3v) is 2.64.